The van der Waals surface area contributed by atoms with Gasteiger partial charge in [0.25, 0.3) is 5.91 Å². The molecule has 0 aliphatic heterocycles. The summed E-state index contributed by atoms with van der Waals surface area (Å²) < 4.78 is 28.9. The smallest absolute Gasteiger partial charge is 0.387 e. The Morgan fingerprint density at radius 3 is 2.65 bits per heavy atom. The quantitative estimate of drug-likeness (QED) is 0.540. The summed E-state index contributed by atoms with van der Waals surface area (Å²) in [6.45, 7) is -2.39. The van der Waals surface area contributed by atoms with Crippen LogP contribution in [0.3, 0.4) is 0 Å². The maximum atomic E-state index is 12.3. The molecule has 1 aromatic rings. The molecule has 112 valence electrons. The highest BCUT2D eigenvalue weighted by Gasteiger charge is 2.18. The monoisotopic (exact) mass is 305 g/mol. The maximum Gasteiger partial charge on any atom is 0.387 e. The first-order valence-electron chi connectivity index (χ1n) is 6.41. The Bertz CT molecular complexity index is 429. The van der Waals surface area contributed by atoms with E-state index in [1.54, 1.807) is 19.2 Å². The fourth-order valence-corrected chi connectivity index (χ4v) is 1.96. The largest absolute Gasteiger partial charge is 0.434 e. The lowest BCUT2D eigenvalue weighted by atomic mass is 10.1. The van der Waals surface area contributed by atoms with E-state index in [1.807, 2.05) is 0 Å². The molecule has 0 radical (unpaired) electrons. The van der Waals surface area contributed by atoms with Crippen molar-refractivity contribution in [1.82, 2.24) is 4.90 Å². The molecule has 0 heterocycles. The van der Waals surface area contributed by atoms with Crippen LogP contribution in [0.15, 0.2) is 24.3 Å². The highest BCUT2D eigenvalue weighted by Crippen LogP contribution is 2.21. The first kappa shape index (κ1) is 16.7. The van der Waals surface area contributed by atoms with Crippen LogP contribution in [0.5, 0.6) is 5.75 Å². The molecular weight excluding hydrogens is 288 g/mol. The van der Waals surface area contributed by atoms with Crippen molar-refractivity contribution in [3.63, 3.8) is 0 Å². The van der Waals surface area contributed by atoms with Crippen LogP contribution in [0.4, 0.5) is 8.78 Å². The summed E-state index contributed by atoms with van der Waals surface area (Å²) in [7, 11) is 1.64. The van der Waals surface area contributed by atoms with E-state index in [0.29, 0.717) is 12.4 Å². The number of alkyl halides is 3. The summed E-state index contributed by atoms with van der Waals surface area (Å²) in [5.41, 5.74) is 0.146. The second-order valence-electron chi connectivity index (χ2n) is 4.35. The van der Waals surface area contributed by atoms with Crippen molar-refractivity contribution in [2.24, 2.45) is 0 Å². The van der Waals surface area contributed by atoms with Gasteiger partial charge < -0.3 is 9.64 Å². The van der Waals surface area contributed by atoms with Gasteiger partial charge in [0.2, 0.25) is 0 Å². The zero-order valence-electron chi connectivity index (χ0n) is 11.3. The molecule has 0 atom stereocenters. The minimum absolute atomic E-state index is 0.0971. The van der Waals surface area contributed by atoms with Gasteiger partial charge in [-0.3, -0.25) is 4.79 Å². The van der Waals surface area contributed by atoms with Crippen LogP contribution in [0.2, 0.25) is 0 Å². The van der Waals surface area contributed by atoms with Crippen molar-refractivity contribution < 1.29 is 18.3 Å². The summed E-state index contributed by atoms with van der Waals surface area (Å²) in [5.74, 6) is 0.176. The number of hydrogen-bond acceptors (Lipinski definition) is 2. The summed E-state index contributed by atoms with van der Waals surface area (Å²) >= 11 is 5.58. The number of para-hydroxylation sites is 1. The highest BCUT2D eigenvalue weighted by molar-refractivity contribution is 6.17. The zero-order chi connectivity index (χ0) is 15.0. The van der Waals surface area contributed by atoms with Gasteiger partial charge in [-0.15, -0.1) is 11.6 Å². The number of nitrogens with zero attached hydrogens (tertiary/aromatic N) is 1. The lowest BCUT2D eigenvalue weighted by Crippen LogP contribution is -2.28. The van der Waals surface area contributed by atoms with Gasteiger partial charge in [0.05, 0.1) is 5.56 Å². The van der Waals surface area contributed by atoms with Crippen molar-refractivity contribution in [1.29, 1.82) is 0 Å². The number of carbonyl (C=O) groups is 1. The van der Waals surface area contributed by atoms with Crippen LogP contribution in [0.25, 0.3) is 0 Å². The molecule has 0 saturated heterocycles. The number of rotatable bonds is 8. The Morgan fingerprint density at radius 1 is 1.30 bits per heavy atom. The van der Waals surface area contributed by atoms with E-state index in [0.717, 1.165) is 19.3 Å². The average molecular weight is 306 g/mol. The van der Waals surface area contributed by atoms with Gasteiger partial charge >= 0.3 is 6.61 Å². The fourth-order valence-electron chi connectivity index (χ4n) is 1.77. The van der Waals surface area contributed by atoms with E-state index in [-0.39, 0.29) is 17.2 Å². The second kappa shape index (κ2) is 8.74. The number of amides is 1. The van der Waals surface area contributed by atoms with Gasteiger partial charge in [0, 0.05) is 19.5 Å². The third kappa shape index (κ3) is 5.33. The van der Waals surface area contributed by atoms with Crippen LogP contribution in [0.1, 0.15) is 29.6 Å². The predicted octanol–water partition coefficient (Wildman–Crippen LogP) is 3.77. The van der Waals surface area contributed by atoms with Gasteiger partial charge in [-0.2, -0.15) is 8.78 Å². The number of halogens is 3. The molecule has 0 spiro atoms. The topological polar surface area (TPSA) is 29.5 Å². The molecule has 0 bridgehead atoms. The molecule has 1 rings (SSSR count). The Morgan fingerprint density at radius 2 is 2.00 bits per heavy atom. The highest BCUT2D eigenvalue weighted by atomic mass is 35.5. The molecule has 1 aromatic carbocycles. The van der Waals surface area contributed by atoms with Crippen molar-refractivity contribution in [2.45, 2.75) is 25.9 Å². The Hall–Kier alpha value is -1.36. The van der Waals surface area contributed by atoms with Crippen LogP contribution >= 0.6 is 11.6 Å². The Kier molecular flexibility index (Phi) is 7.30. The van der Waals surface area contributed by atoms with E-state index >= 15 is 0 Å². The zero-order valence-corrected chi connectivity index (χ0v) is 12.1. The minimum Gasteiger partial charge on any atom is -0.434 e. The molecule has 0 fully saturated rings. The lowest BCUT2D eigenvalue weighted by molar-refractivity contribution is -0.0502. The van der Waals surface area contributed by atoms with E-state index in [2.05, 4.69) is 4.74 Å². The van der Waals surface area contributed by atoms with E-state index in [4.69, 9.17) is 11.6 Å². The standard InChI is InChI=1S/C14H18ClF2NO2/c1-18(10-6-2-5-9-15)13(19)11-7-3-4-8-12(11)20-14(16)17/h3-4,7-8,14H,2,5-6,9-10H2,1H3. The van der Waals surface area contributed by atoms with Crippen molar-refractivity contribution in [3.05, 3.63) is 29.8 Å². The maximum absolute atomic E-state index is 12.3. The van der Waals surface area contributed by atoms with Crippen LogP contribution < -0.4 is 4.74 Å². The van der Waals surface area contributed by atoms with Gasteiger partial charge in [0.15, 0.2) is 0 Å². The number of hydrogen-bond donors (Lipinski definition) is 0. The number of benzene rings is 1. The normalized spacial score (nSPS) is 10.7. The Labute approximate surface area is 122 Å². The molecule has 0 aromatic heterocycles. The summed E-state index contributed by atoms with van der Waals surface area (Å²) in [6, 6.07) is 6.01. The van der Waals surface area contributed by atoms with Gasteiger partial charge in [-0.1, -0.05) is 18.6 Å². The molecule has 20 heavy (non-hydrogen) atoms. The second-order valence-corrected chi connectivity index (χ2v) is 4.73. The van der Waals surface area contributed by atoms with Gasteiger partial charge in [0.1, 0.15) is 5.75 Å². The van der Waals surface area contributed by atoms with Crippen molar-refractivity contribution >= 4 is 17.5 Å². The number of carbonyl (C=O) groups excluding carboxylic acids is 1. The first-order chi connectivity index (χ1) is 9.56. The fraction of sp³-hybridized carbons (Fsp3) is 0.500. The predicted molar refractivity (Wildman–Crippen MR) is 74.6 cm³/mol. The molecule has 3 nitrogen and oxygen atoms in total. The molecule has 0 unspecified atom stereocenters. The van der Waals surface area contributed by atoms with Gasteiger partial charge in [-0.25, -0.2) is 0 Å². The third-order valence-electron chi connectivity index (χ3n) is 2.81. The van der Waals surface area contributed by atoms with Crippen LogP contribution in [-0.2, 0) is 0 Å². The van der Waals surface area contributed by atoms with E-state index < -0.39 is 6.61 Å². The number of unbranched alkanes of at least 4 members (excludes halogenated alkanes) is 2. The molecule has 0 N–H and O–H groups in total. The summed E-state index contributed by atoms with van der Waals surface area (Å²) in [5, 5.41) is 0. The first-order valence-corrected chi connectivity index (χ1v) is 6.95. The Balaban J connectivity index is 2.66. The molecule has 6 heteroatoms. The summed E-state index contributed by atoms with van der Waals surface area (Å²) in [6.07, 6.45) is 2.65. The minimum atomic E-state index is -2.95. The lowest BCUT2D eigenvalue weighted by Gasteiger charge is -2.18. The van der Waals surface area contributed by atoms with E-state index in [1.165, 1.54) is 17.0 Å². The van der Waals surface area contributed by atoms with Crippen molar-refractivity contribution in [2.75, 3.05) is 19.5 Å². The number of ether oxygens (including phenoxy) is 1. The van der Waals surface area contributed by atoms with Crippen LogP contribution in [-0.4, -0.2) is 36.9 Å². The summed E-state index contributed by atoms with van der Waals surface area (Å²) in [4.78, 5) is 13.7. The van der Waals surface area contributed by atoms with Crippen molar-refractivity contribution in [3.8, 4) is 5.75 Å². The molecule has 0 aliphatic rings. The SMILES string of the molecule is CN(CCCCCCl)C(=O)c1ccccc1OC(F)F. The molecule has 0 saturated carbocycles. The van der Waals surface area contributed by atoms with Crippen LogP contribution in [0, 0.1) is 0 Å². The molecular formula is C14H18ClF2NO2. The van der Waals surface area contributed by atoms with Gasteiger partial charge in [-0.05, 0) is 25.0 Å². The van der Waals surface area contributed by atoms with E-state index in [9.17, 15) is 13.6 Å². The molecule has 0 aliphatic carbocycles. The third-order valence-corrected chi connectivity index (χ3v) is 3.07. The average Bonchev–Trinajstić information content (AvgIpc) is 2.42. The molecule has 1 amide bonds.